The minimum absolute atomic E-state index is 0.00717. The Kier molecular flexibility index (Phi) is 2.86. The third kappa shape index (κ3) is 1.67. The highest BCUT2D eigenvalue weighted by molar-refractivity contribution is 6.00. The molecule has 4 rings (SSSR count). The number of benzene rings is 2. The zero-order valence-corrected chi connectivity index (χ0v) is 12.6. The molecular weight excluding hydrogens is 278 g/mol. The molecule has 0 saturated carbocycles. The molecule has 2 heterocycles. The first-order valence-corrected chi connectivity index (χ1v) is 7.39. The lowest BCUT2D eigenvalue weighted by Gasteiger charge is -2.33. The fraction of sp³-hybridized carbons (Fsp3) is 0.278. The van der Waals surface area contributed by atoms with Gasteiger partial charge >= 0.3 is 0 Å². The molecule has 0 saturated heterocycles. The minimum atomic E-state index is -0.00717. The third-order valence-corrected chi connectivity index (χ3v) is 4.62. The number of rotatable bonds is 2. The van der Waals surface area contributed by atoms with Crippen LogP contribution >= 0.6 is 0 Å². The van der Waals surface area contributed by atoms with Crippen molar-refractivity contribution in [1.29, 1.82) is 0 Å². The van der Waals surface area contributed by atoms with E-state index in [4.69, 9.17) is 9.47 Å². The summed E-state index contributed by atoms with van der Waals surface area (Å²) in [6.45, 7) is 0.737. The van der Waals surface area contributed by atoms with Crippen LogP contribution in [0.4, 0.5) is 0 Å². The van der Waals surface area contributed by atoms with Crippen molar-refractivity contribution in [2.75, 3.05) is 20.8 Å². The maximum Gasteiger partial charge on any atom is 0.255 e. The summed E-state index contributed by atoms with van der Waals surface area (Å²) in [6, 6.07) is 11.9. The monoisotopic (exact) mass is 295 g/mol. The molecule has 112 valence electrons. The Morgan fingerprint density at radius 3 is 2.55 bits per heavy atom. The predicted octanol–water partition coefficient (Wildman–Crippen LogP) is 2.81. The predicted molar refractivity (Wildman–Crippen MR) is 82.6 cm³/mol. The summed E-state index contributed by atoms with van der Waals surface area (Å²) in [7, 11) is 3.28. The van der Waals surface area contributed by atoms with Crippen LogP contribution in [0, 0.1) is 0 Å². The molecule has 22 heavy (non-hydrogen) atoms. The van der Waals surface area contributed by atoms with E-state index in [-0.39, 0.29) is 11.9 Å². The summed E-state index contributed by atoms with van der Waals surface area (Å²) < 4.78 is 10.8. The van der Waals surface area contributed by atoms with E-state index in [0.29, 0.717) is 5.75 Å². The number of hydrogen-bond acceptors (Lipinski definition) is 3. The van der Waals surface area contributed by atoms with E-state index in [0.717, 1.165) is 35.4 Å². The van der Waals surface area contributed by atoms with Crippen LogP contribution in [0.2, 0.25) is 0 Å². The van der Waals surface area contributed by atoms with Crippen molar-refractivity contribution in [3.8, 4) is 11.5 Å². The number of carbonyl (C=O) groups excluding carboxylic acids is 1. The van der Waals surface area contributed by atoms with Gasteiger partial charge in [-0.1, -0.05) is 18.2 Å². The second kappa shape index (κ2) is 4.77. The maximum atomic E-state index is 12.6. The SMILES string of the molecule is COc1cc2c(cc1OC)C1c3ccccc3C(=O)N1CC2. The topological polar surface area (TPSA) is 38.8 Å². The molecule has 1 unspecified atom stereocenters. The Morgan fingerprint density at radius 1 is 1.05 bits per heavy atom. The van der Waals surface area contributed by atoms with Crippen molar-refractivity contribution >= 4 is 5.91 Å². The quantitative estimate of drug-likeness (QED) is 0.855. The number of methoxy groups -OCH3 is 2. The van der Waals surface area contributed by atoms with Gasteiger partial charge in [-0.05, 0) is 41.3 Å². The molecule has 0 bridgehead atoms. The molecule has 0 fully saturated rings. The molecule has 2 aliphatic heterocycles. The molecule has 1 atom stereocenters. The lowest BCUT2D eigenvalue weighted by Crippen LogP contribution is -2.35. The van der Waals surface area contributed by atoms with Gasteiger partial charge in [0.1, 0.15) is 0 Å². The highest BCUT2D eigenvalue weighted by atomic mass is 16.5. The van der Waals surface area contributed by atoms with Crippen LogP contribution in [0.5, 0.6) is 11.5 Å². The van der Waals surface area contributed by atoms with E-state index in [1.54, 1.807) is 14.2 Å². The second-order valence-corrected chi connectivity index (χ2v) is 5.64. The van der Waals surface area contributed by atoms with Gasteiger partial charge in [0.25, 0.3) is 5.91 Å². The second-order valence-electron chi connectivity index (χ2n) is 5.64. The standard InChI is InChI=1S/C18H17NO3/c1-21-15-9-11-7-8-19-17(14(11)10-16(15)22-2)12-5-3-4-6-13(12)18(19)20/h3-6,9-10,17H,7-8H2,1-2H3. The Labute approximate surface area is 129 Å². The summed E-state index contributed by atoms with van der Waals surface area (Å²) >= 11 is 0. The molecule has 4 nitrogen and oxygen atoms in total. The largest absolute Gasteiger partial charge is 0.493 e. The van der Waals surface area contributed by atoms with Crippen LogP contribution in [0.25, 0.3) is 0 Å². The molecule has 0 N–H and O–H groups in total. The van der Waals surface area contributed by atoms with Crippen molar-refractivity contribution in [3.05, 3.63) is 58.7 Å². The lowest BCUT2D eigenvalue weighted by atomic mass is 9.89. The molecular formula is C18H17NO3. The van der Waals surface area contributed by atoms with E-state index in [1.165, 1.54) is 5.56 Å². The molecule has 0 spiro atoms. The van der Waals surface area contributed by atoms with Gasteiger partial charge < -0.3 is 14.4 Å². The van der Waals surface area contributed by atoms with E-state index in [9.17, 15) is 4.79 Å². The summed E-state index contributed by atoms with van der Waals surface area (Å²) in [5.41, 5.74) is 4.27. The molecule has 2 aromatic carbocycles. The van der Waals surface area contributed by atoms with Crippen molar-refractivity contribution in [2.45, 2.75) is 12.5 Å². The van der Waals surface area contributed by atoms with Gasteiger partial charge in [-0.3, -0.25) is 4.79 Å². The van der Waals surface area contributed by atoms with Crippen LogP contribution in [0.15, 0.2) is 36.4 Å². The maximum absolute atomic E-state index is 12.6. The van der Waals surface area contributed by atoms with Crippen LogP contribution in [0.3, 0.4) is 0 Å². The van der Waals surface area contributed by atoms with Gasteiger partial charge in [0.15, 0.2) is 11.5 Å². The Bertz CT molecular complexity index is 769. The van der Waals surface area contributed by atoms with Gasteiger partial charge in [0.2, 0.25) is 0 Å². The van der Waals surface area contributed by atoms with Gasteiger partial charge in [0, 0.05) is 12.1 Å². The smallest absolute Gasteiger partial charge is 0.255 e. The number of fused-ring (bicyclic) bond motifs is 5. The van der Waals surface area contributed by atoms with E-state index in [1.807, 2.05) is 41.3 Å². The molecule has 0 radical (unpaired) electrons. The summed E-state index contributed by atoms with van der Waals surface area (Å²) in [6.07, 6.45) is 0.839. The van der Waals surface area contributed by atoms with Crippen LogP contribution in [-0.4, -0.2) is 31.6 Å². The summed E-state index contributed by atoms with van der Waals surface area (Å²) in [4.78, 5) is 14.5. The van der Waals surface area contributed by atoms with Gasteiger partial charge in [0.05, 0.1) is 20.3 Å². The minimum Gasteiger partial charge on any atom is -0.493 e. The van der Waals surface area contributed by atoms with Gasteiger partial charge in [-0.2, -0.15) is 0 Å². The van der Waals surface area contributed by atoms with Crippen molar-refractivity contribution in [1.82, 2.24) is 4.90 Å². The zero-order valence-electron chi connectivity index (χ0n) is 12.6. The van der Waals surface area contributed by atoms with Crippen LogP contribution < -0.4 is 9.47 Å². The Balaban J connectivity index is 1.92. The zero-order chi connectivity index (χ0) is 15.3. The molecule has 0 aromatic heterocycles. The number of hydrogen-bond donors (Lipinski definition) is 0. The number of carbonyl (C=O) groups is 1. The van der Waals surface area contributed by atoms with Crippen molar-refractivity contribution in [2.24, 2.45) is 0 Å². The van der Waals surface area contributed by atoms with Crippen LogP contribution in [0.1, 0.15) is 33.1 Å². The fourth-order valence-corrected chi connectivity index (χ4v) is 3.58. The highest BCUT2D eigenvalue weighted by Gasteiger charge is 2.40. The Morgan fingerprint density at radius 2 is 1.77 bits per heavy atom. The lowest BCUT2D eigenvalue weighted by molar-refractivity contribution is 0.0740. The van der Waals surface area contributed by atoms with E-state index >= 15 is 0 Å². The van der Waals surface area contributed by atoms with E-state index < -0.39 is 0 Å². The first kappa shape index (κ1) is 13.2. The molecule has 1 amide bonds. The summed E-state index contributed by atoms with van der Waals surface area (Å²) in [5.74, 6) is 1.58. The molecule has 4 heteroatoms. The van der Waals surface area contributed by atoms with E-state index in [2.05, 4.69) is 0 Å². The number of ether oxygens (including phenoxy) is 2. The van der Waals surface area contributed by atoms with Gasteiger partial charge in [-0.25, -0.2) is 0 Å². The fourth-order valence-electron chi connectivity index (χ4n) is 3.58. The highest BCUT2D eigenvalue weighted by Crippen LogP contribution is 2.45. The average molecular weight is 295 g/mol. The first-order valence-electron chi connectivity index (χ1n) is 7.39. The molecule has 2 aliphatic rings. The van der Waals surface area contributed by atoms with Gasteiger partial charge in [-0.15, -0.1) is 0 Å². The first-order chi connectivity index (χ1) is 10.7. The number of nitrogens with zero attached hydrogens (tertiary/aromatic N) is 1. The average Bonchev–Trinajstić information content (AvgIpc) is 2.87. The number of amides is 1. The normalized spacial score (nSPS) is 18.5. The Hall–Kier alpha value is -2.49. The van der Waals surface area contributed by atoms with Crippen molar-refractivity contribution in [3.63, 3.8) is 0 Å². The van der Waals surface area contributed by atoms with Crippen LogP contribution in [-0.2, 0) is 6.42 Å². The summed E-state index contributed by atoms with van der Waals surface area (Å²) in [5, 5.41) is 0. The molecule has 0 aliphatic carbocycles. The molecule has 2 aromatic rings. The third-order valence-electron chi connectivity index (χ3n) is 4.62. The van der Waals surface area contributed by atoms with Crippen molar-refractivity contribution < 1.29 is 14.3 Å².